The van der Waals surface area contributed by atoms with Crippen LogP contribution in [-0.2, 0) is 4.79 Å². The summed E-state index contributed by atoms with van der Waals surface area (Å²) in [6.07, 6.45) is 2.08. The highest BCUT2D eigenvalue weighted by Gasteiger charge is 2.16. The number of hydrogen-bond donors (Lipinski definition) is 3. The maximum Gasteiger partial charge on any atom is 0.262 e. The number of nitrogens with one attached hydrogen (secondary N) is 2. The molecule has 0 unspecified atom stereocenters. The zero-order valence-corrected chi connectivity index (χ0v) is 15.7. The SMILES string of the molecule is CC[C@@H](Nc1ccc(Cl)cc1C)C(=O)N/N=C/c1ccc(O)c(OC)c1. The molecule has 0 aliphatic carbocycles. The van der Waals surface area contributed by atoms with E-state index in [1.807, 2.05) is 26.0 Å². The van der Waals surface area contributed by atoms with E-state index in [1.165, 1.54) is 19.4 Å². The normalized spacial score (nSPS) is 12.0. The van der Waals surface area contributed by atoms with Crippen LogP contribution in [0.2, 0.25) is 5.02 Å². The fourth-order valence-corrected chi connectivity index (χ4v) is 2.58. The number of amides is 1. The Labute approximate surface area is 157 Å². The van der Waals surface area contributed by atoms with Gasteiger partial charge in [0.1, 0.15) is 6.04 Å². The molecule has 0 spiro atoms. The standard InChI is InChI=1S/C19H22ClN3O3/c1-4-15(22-16-7-6-14(20)9-12(16)2)19(25)23-21-11-13-5-8-17(24)18(10-13)26-3/h5-11,15,22,24H,4H2,1-3H3,(H,23,25)/b21-11+/t15-/m1/s1. The van der Waals surface area contributed by atoms with Gasteiger partial charge >= 0.3 is 0 Å². The molecule has 2 rings (SSSR count). The zero-order valence-electron chi connectivity index (χ0n) is 14.9. The molecule has 3 N–H and O–H groups in total. The molecule has 0 radical (unpaired) electrons. The number of hydrogen-bond acceptors (Lipinski definition) is 5. The van der Waals surface area contributed by atoms with E-state index in [1.54, 1.807) is 18.2 Å². The van der Waals surface area contributed by atoms with Crippen molar-refractivity contribution >= 4 is 29.4 Å². The maximum atomic E-state index is 12.3. The van der Waals surface area contributed by atoms with Gasteiger partial charge in [0.2, 0.25) is 0 Å². The molecule has 0 heterocycles. The van der Waals surface area contributed by atoms with Crippen molar-refractivity contribution in [1.29, 1.82) is 0 Å². The van der Waals surface area contributed by atoms with Crippen LogP contribution in [0, 0.1) is 6.92 Å². The number of aromatic hydroxyl groups is 1. The quantitative estimate of drug-likeness (QED) is 0.509. The van der Waals surface area contributed by atoms with Gasteiger partial charge in [0, 0.05) is 10.7 Å². The smallest absolute Gasteiger partial charge is 0.262 e. The first-order valence-electron chi connectivity index (χ1n) is 8.17. The third-order valence-electron chi connectivity index (χ3n) is 3.84. The topological polar surface area (TPSA) is 83.0 Å². The summed E-state index contributed by atoms with van der Waals surface area (Å²) in [5.74, 6) is 0.137. The number of hydrazone groups is 1. The molecule has 0 fully saturated rings. The Morgan fingerprint density at radius 2 is 2.12 bits per heavy atom. The summed E-state index contributed by atoms with van der Waals surface area (Å²) >= 11 is 5.96. The molecular weight excluding hydrogens is 354 g/mol. The predicted molar refractivity (Wildman–Crippen MR) is 104 cm³/mol. The number of nitrogens with zero attached hydrogens (tertiary/aromatic N) is 1. The lowest BCUT2D eigenvalue weighted by Crippen LogP contribution is -2.37. The van der Waals surface area contributed by atoms with Gasteiger partial charge in [-0.1, -0.05) is 18.5 Å². The maximum absolute atomic E-state index is 12.3. The Balaban J connectivity index is 2.00. The second kappa shape index (κ2) is 9.10. The van der Waals surface area contributed by atoms with E-state index in [0.29, 0.717) is 22.8 Å². The lowest BCUT2D eigenvalue weighted by Gasteiger charge is -2.18. The molecule has 7 heteroatoms. The molecule has 0 saturated heterocycles. The number of aryl methyl sites for hydroxylation is 1. The lowest BCUT2D eigenvalue weighted by molar-refractivity contribution is -0.121. The van der Waals surface area contributed by atoms with Crippen LogP contribution < -0.4 is 15.5 Å². The first-order valence-corrected chi connectivity index (χ1v) is 8.55. The molecule has 0 saturated carbocycles. The number of rotatable bonds is 7. The molecule has 1 amide bonds. The van der Waals surface area contributed by atoms with Crippen LogP contribution in [-0.4, -0.2) is 30.4 Å². The average Bonchev–Trinajstić information content (AvgIpc) is 2.62. The van der Waals surface area contributed by atoms with Crippen molar-refractivity contribution in [1.82, 2.24) is 5.43 Å². The van der Waals surface area contributed by atoms with Crippen LogP contribution in [0.1, 0.15) is 24.5 Å². The number of ether oxygens (including phenoxy) is 1. The van der Waals surface area contributed by atoms with Crippen molar-refractivity contribution < 1.29 is 14.6 Å². The van der Waals surface area contributed by atoms with E-state index in [2.05, 4.69) is 15.8 Å². The van der Waals surface area contributed by atoms with Crippen LogP contribution in [0.15, 0.2) is 41.5 Å². The van der Waals surface area contributed by atoms with Gasteiger partial charge < -0.3 is 15.2 Å². The number of phenols is 1. The lowest BCUT2D eigenvalue weighted by atomic mass is 10.1. The highest BCUT2D eigenvalue weighted by atomic mass is 35.5. The van der Waals surface area contributed by atoms with Crippen LogP contribution in [0.3, 0.4) is 0 Å². The van der Waals surface area contributed by atoms with Crippen molar-refractivity contribution in [3.8, 4) is 11.5 Å². The number of halogens is 1. The molecule has 2 aromatic rings. The molecule has 0 aromatic heterocycles. The highest BCUT2D eigenvalue weighted by Crippen LogP contribution is 2.25. The van der Waals surface area contributed by atoms with E-state index in [-0.39, 0.29) is 11.7 Å². The van der Waals surface area contributed by atoms with Crippen molar-refractivity contribution in [3.05, 3.63) is 52.5 Å². The van der Waals surface area contributed by atoms with Crippen molar-refractivity contribution in [3.63, 3.8) is 0 Å². The minimum atomic E-state index is -0.429. The first-order chi connectivity index (χ1) is 12.4. The van der Waals surface area contributed by atoms with Gasteiger partial charge in [0.25, 0.3) is 5.91 Å². The number of benzene rings is 2. The zero-order chi connectivity index (χ0) is 19.1. The van der Waals surface area contributed by atoms with Crippen LogP contribution in [0.4, 0.5) is 5.69 Å². The number of phenolic OH excluding ortho intramolecular Hbond substituents is 1. The van der Waals surface area contributed by atoms with Gasteiger partial charge in [-0.3, -0.25) is 4.79 Å². The van der Waals surface area contributed by atoms with Crippen LogP contribution >= 0.6 is 11.6 Å². The second-order valence-electron chi connectivity index (χ2n) is 5.73. The van der Waals surface area contributed by atoms with E-state index >= 15 is 0 Å². The fourth-order valence-electron chi connectivity index (χ4n) is 2.35. The van der Waals surface area contributed by atoms with E-state index < -0.39 is 6.04 Å². The summed E-state index contributed by atoms with van der Waals surface area (Å²) in [6, 6.07) is 9.82. The van der Waals surface area contributed by atoms with Crippen molar-refractivity contribution in [2.45, 2.75) is 26.3 Å². The summed E-state index contributed by atoms with van der Waals surface area (Å²) in [6.45, 7) is 3.84. The van der Waals surface area contributed by atoms with Gasteiger partial charge in [0.15, 0.2) is 11.5 Å². The third-order valence-corrected chi connectivity index (χ3v) is 4.07. The average molecular weight is 376 g/mol. The van der Waals surface area contributed by atoms with E-state index in [4.69, 9.17) is 16.3 Å². The Morgan fingerprint density at radius 3 is 2.77 bits per heavy atom. The van der Waals surface area contributed by atoms with Gasteiger partial charge in [-0.05, 0) is 60.9 Å². The Bertz CT molecular complexity index is 809. The summed E-state index contributed by atoms with van der Waals surface area (Å²) < 4.78 is 5.04. The molecule has 2 aromatic carbocycles. The Hall–Kier alpha value is -2.73. The largest absolute Gasteiger partial charge is 0.504 e. The summed E-state index contributed by atoms with van der Waals surface area (Å²) in [5, 5.41) is 17.4. The number of methoxy groups -OCH3 is 1. The summed E-state index contributed by atoms with van der Waals surface area (Å²) in [7, 11) is 1.47. The predicted octanol–water partition coefficient (Wildman–Crippen LogP) is 3.70. The van der Waals surface area contributed by atoms with Gasteiger partial charge in [-0.15, -0.1) is 0 Å². The molecule has 1 atom stereocenters. The number of anilines is 1. The summed E-state index contributed by atoms with van der Waals surface area (Å²) in [5.41, 5.74) is 5.03. The Morgan fingerprint density at radius 1 is 1.35 bits per heavy atom. The second-order valence-corrected chi connectivity index (χ2v) is 6.17. The molecule has 138 valence electrons. The monoisotopic (exact) mass is 375 g/mol. The molecule has 0 aliphatic rings. The third kappa shape index (κ3) is 5.13. The van der Waals surface area contributed by atoms with Crippen molar-refractivity contribution in [2.75, 3.05) is 12.4 Å². The number of carbonyl (C=O) groups excluding carboxylic acids is 1. The minimum absolute atomic E-state index is 0.0438. The highest BCUT2D eigenvalue weighted by molar-refractivity contribution is 6.30. The van der Waals surface area contributed by atoms with E-state index in [0.717, 1.165) is 11.3 Å². The Kier molecular flexibility index (Phi) is 6.86. The number of carbonyl (C=O) groups is 1. The summed E-state index contributed by atoms with van der Waals surface area (Å²) in [4.78, 5) is 12.3. The minimum Gasteiger partial charge on any atom is -0.504 e. The first kappa shape index (κ1) is 19.6. The molecule has 26 heavy (non-hydrogen) atoms. The molecule has 0 aliphatic heterocycles. The fraction of sp³-hybridized carbons (Fsp3) is 0.263. The van der Waals surface area contributed by atoms with Gasteiger partial charge in [-0.25, -0.2) is 5.43 Å². The van der Waals surface area contributed by atoms with Crippen molar-refractivity contribution in [2.24, 2.45) is 5.10 Å². The van der Waals surface area contributed by atoms with Gasteiger partial charge in [0.05, 0.1) is 13.3 Å². The van der Waals surface area contributed by atoms with E-state index in [9.17, 15) is 9.90 Å². The molecule has 6 nitrogen and oxygen atoms in total. The molecule has 0 bridgehead atoms. The van der Waals surface area contributed by atoms with Crippen LogP contribution in [0.25, 0.3) is 0 Å². The molecular formula is C19H22ClN3O3. The van der Waals surface area contributed by atoms with Gasteiger partial charge in [-0.2, -0.15) is 5.10 Å². The van der Waals surface area contributed by atoms with Crippen LogP contribution in [0.5, 0.6) is 11.5 Å².